The Kier molecular flexibility index (Phi) is 4.13. The molecule has 1 aromatic rings. The van der Waals surface area contributed by atoms with Gasteiger partial charge in [-0.3, -0.25) is 14.9 Å². The quantitative estimate of drug-likeness (QED) is 0.438. The van der Waals surface area contributed by atoms with Crippen molar-refractivity contribution < 1.29 is 14.5 Å². The van der Waals surface area contributed by atoms with Crippen molar-refractivity contribution in [2.45, 2.75) is 6.92 Å². The van der Waals surface area contributed by atoms with E-state index in [4.69, 9.17) is 0 Å². The van der Waals surface area contributed by atoms with Crippen LogP contribution >= 0.6 is 0 Å². The normalized spacial score (nSPS) is 9.56. The highest BCUT2D eigenvalue weighted by molar-refractivity contribution is 5.74. The standard InChI is InChI=1S/C8H10N4O4/c1-2-16-7(13)5-11-8-9-3-6(4-10-8)12(14)15/h3-4H,2,5H2,1H3,(H,9,10,11). The summed E-state index contributed by atoms with van der Waals surface area (Å²) in [6.45, 7) is 1.91. The van der Waals surface area contributed by atoms with Crippen LogP contribution in [-0.2, 0) is 9.53 Å². The van der Waals surface area contributed by atoms with Crippen molar-refractivity contribution in [2.24, 2.45) is 0 Å². The zero-order chi connectivity index (χ0) is 12.0. The molecule has 1 N–H and O–H groups in total. The lowest BCUT2D eigenvalue weighted by Gasteiger charge is -2.03. The van der Waals surface area contributed by atoms with E-state index in [2.05, 4.69) is 20.0 Å². The third-order valence-corrected chi connectivity index (χ3v) is 1.55. The molecule has 8 heteroatoms. The van der Waals surface area contributed by atoms with Gasteiger partial charge in [0.05, 0.1) is 11.5 Å². The molecule has 86 valence electrons. The van der Waals surface area contributed by atoms with E-state index in [1.165, 1.54) is 0 Å². The minimum atomic E-state index is -0.602. The number of ether oxygens (including phenoxy) is 1. The van der Waals surface area contributed by atoms with Crippen molar-refractivity contribution in [3.8, 4) is 0 Å². The summed E-state index contributed by atoms with van der Waals surface area (Å²) in [5.41, 5.74) is -0.207. The fourth-order valence-corrected chi connectivity index (χ4v) is 0.870. The molecule has 0 radical (unpaired) electrons. The summed E-state index contributed by atoms with van der Waals surface area (Å²) >= 11 is 0. The maximum Gasteiger partial charge on any atom is 0.325 e. The summed E-state index contributed by atoms with van der Waals surface area (Å²) in [7, 11) is 0. The number of anilines is 1. The first-order valence-corrected chi connectivity index (χ1v) is 4.49. The molecular formula is C8H10N4O4. The average molecular weight is 226 g/mol. The molecule has 0 aromatic carbocycles. The molecule has 1 rings (SSSR count). The van der Waals surface area contributed by atoms with E-state index in [9.17, 15) is 14.9 Å². The highest BCUT2D eigenvalue weighted by atomic mass is 16.6. The van der Waals surface area contributed by atoms with Crippen molar-refractivity contribution in [1.29, 1.82) is 0 Å². The lowest BCUT2D eigenvalue weighted by atomic mass is 10.5. The molecule has 8 nitrogen and oxygen atoms in total. The van der Waals surface area contributed by atoms with Crippen LogP contribution in [-0.4, -0.2) is 34.0 Å². The molecule has 0 fully saturated rings. The zero-order valence-electron chi connectivity index (χ0n) is 8.54. The summed E-state index contributed by atoms with van der Waals surface area (Å²) in [4.78, 5) is 28.0. The number of nitro groups is 1. The minimum absolute atomic E-state index is 0.0777. The summed E-state index contributed by atoms with van der Waals surface area (Å²) in [5.74, 6) is -0.303. The van der Waals surface area contributed by atoms with E-state index < -0.39 is 10.9 Å². The first kappa shape index (κ1) is 11.8. The topological polar surface area (TPSA) is 107 Å². The van der Waals surface area contributed by atoms with Gasteiger partial charge in [0.15, 0.2) is 0 Å². The van der Waals surface area contributed by atoms with Crippen molar-refractivity contribution >= 4 is 17.6 Å². The van der Waals surface area contributed by atoms with Gasteiger partial charge in [0.2, 0.25) is 5.95 Å². The molecule has 0 aliphatic rings. The Morgan fingerprint density at radius 3 is 2.69 bits per heavy atom. The van der Waals surface area contributed by atoms with Gasteiger partial charge in [-0.1, -0.05) is 0 Å². The third kappa shape index (κ3) is 3.48. The van der Waals surface area contributed by atoms with Crippen LogP contribution < -0.4 is 5.32 Å². The van der Waals surface area contributed by atoms with E-state index in [-0.39, 0.29) is 18.2 Å². The van der Waals surface area contributed by atoms with Gasteiger partial charge < -0.3 is 10.1 Å². The molecule has 0 atom stereocenters. The maximum absolute atomic E-state index is 10.9. The van der Waals surface area contributed by atoms with E-state index >= 15 is 0 Å². The van der Waals surface area contributed by atoms with Crippen LogP contribution in [0.3, 0.4) is 0 Å². The highest BCUT2D eigenvalue weighted by Gasteiger charge is 2.07. The number of nitrogens with one attached hydrogen (secondary N) is 1. The van der Waals surface area contributed by atoms with Crippen LogP contribution in [0.4, 0.5) is 11.6 Å². The molecule has 16 heavy (non-hydrogen) atoms. The Morgan fingerprint density at radius 2 is 2.19 bits per heavy atom. The second kappa shape index (κ2) is 5.59. The number of hydrogen-bond donors (Lipinski definition) is 1. The smallest absolute Gasteiger partial charge is 0.325 e. The second-order valence-corrected chi connectivity index (χ2v) is 2.68. The van der Waals surface area contributed by atoms with Crippen LogP contribution in [0, 0.1) is 10.1 Å². The Labute approximate surface area is 90.8 Å². The molecule has 0 aliphatic heterocycles. The Bertz CT molecular complexity index is 378. The number of aromatic nitrogens is 2. The van der Waals surface area contributed by atoms with E-state index in [1.807, 2.05) is 0 Å². The largest absolute Gasteiger partial charge is 0.465 e. The predicted octanol–water partition coefficient (Wildman–Crippen LogP) is 0.360. The van der Waals surface area contributed by atoms with Crippen molar-refractivity contribution in [2.75, 3.05) is 18.5 Å². The maximum atomic E-state index is 10.9. The highest BCUT2D eigenvalue weighted by Crippen LogP contribution is 2.07. The van der Waals surface area contributed by atoms with Crippen molar-refractivity contribution in [3.05, 3.63) is 22.5 Å². The SMILES string of the molecule is CCOC(=O)CNc1ncc([N+](=O)[O-])cn1. The second-order valence-electron chi connectivity index (χ2n) is 2.68. The predicted molar refractivity (Wildman–Crippen MR) is 53.8 cm³/mol. The number of nitrogens with zero attached hydrogens (tertiary/aromatic N) is 3. The number of carbonyl (C=O) groups excluding carboxylic acids is 1. The van der Waals surface area contributed by atoms with E-state index in [1.54, 1.807) is 6.92 Å². The molecule has 0 saturated carbocycles. The molecule has 0 spiro atoms. The van der Waals surface area contributed by atoms with Gasteiger partial charge in [0.25, 0.3) is 0 Å². The zero-order valence-corrected chi connectivity index (χ0v) is 8.54. The van der Waals surface area contributed by atoms with Gasteiger partial charge in [-0.05, 0) is 6.92 Å². The molecule has 0 aliphatic carbocycles. The van der Waals surface area contributed by atoms with Gasteiger partial charge >= 0.3 is 11.7 Å². The number of hydrogen-bond acceptors (Lipinski definition) is 7. The van der Waals surface area contributed by atoms with E-state index in [0.717, 1.165) is 12.4 Å². The minimum Gasteiger partial charge on any atom is -0.465 e. The fourth-order valence-electron chi connectivity index (χ4n) is 0.870. The van der Waals surface area contributed by atoms with Crippen LogP contribution in [0.1, 0.15) is 6.92 Å². The Hall–Kier alpha value is -2.25. The monoisotopic (exact) mass is 226 g/mol. The summed E-state index contributed by atoms with van der Waals surface area (Å²) in [6, 6.07) is 0. The lowest BCUT2D eigenvalue weighted by Crippen LogP contribution is -2.17. The van der Waals surface area contributed by atoms with Gasteiger partial charge in [0.1, 0.15) is 18.9 Å². The van der Waals surface area contributed by atoms with Crippen molar-refractivity contribution in [3.63, 3.8) is 0 Å². The van der Waals surface area contributed by atoms with Crippen LogP contribution in [0.25, 0.3) is 0 Å². The van der Waals surface area contributed by atoms with Gasteiger partial charge in [0, 0.05) is 0 Å². The van der Waals surface area contributed by atoms with Crippen molar-refractivity contribution in [1.82, 2.24) is 9.97 Å². The number of esters is 1. The number of carbonyl (C=O) groups is 1. The first-order chi connectivity index (χ1) is 7.63. The first-order valence-electron chi connectivity index (χ1n) is 4.49. The summed E-state index contributed by atoms with van der Waals surface area (Å²) in [6.07, 6.45) is 2.11. The van der Waals surface area contributed by atoms with Crippen LogP contribution in [0.5, 0.6) is 0 Å². The van der Waals surface area contributed by atoms with Gasteiger partial charge in [-0.25, -0.2) is 9.97 Å². The number of rotatable bonds is 5. The Morgan fingerprint density at radius 1 is 1.56 bits per heavy atom. The molecular weight excluding hydrogens is 216 g/mol. The summed E-state index contributed by atoms with van der Waals surface area (Å²) in [5, 5.41) is 12.9. The Balaban J connectivity index is 2.49. The molecule has 1 aromatic heterocycles. The van der Waals surface area contributed by atoms with Crippen LogP contribution in [0.15, 0.2) is 12.4 Å². The molecule has 0 amide bonds. The van der Waals surface area contributed by atoms with Crippen LogP contribution in [0.2, 0.25) is 0 Å². The average Bonchev–Trinajstić information content (AvgIpc) is 2.27. The molecule has 0 unspecified atom stereocenters. The third-order valence-electron chi connectivity index (χ3n) is 1.55. The lowest BCUT2D eigenvalue weighted by molar-refractivity contribution is -0.385. The van der Waals surface area contributed by atoms with Gasteiger partial charge in [-0.15, -0.1) is 0 Å². The molecule has 1 heterocycles. The van der Waals surface area contributed by atoms with E-state index in [0.29, 0.717) is 6.61 Å². The molecule has 0 bridgehead atoms. The molecule has 0 saturated heterocycles. The van der Waals surface area contributed by atoms with Gasteiger partial charge in [-0.2, -0.15) is 0 Å². The summed E-state index contributed by atoms with van der Waals surface area (Å²) < 4.78 is 4.66. The fraction of sp³-hybridized carbons (Fsp3) is 0.375.